The highest BCUT2D eigenvalue weighted by molar-refractivity contribution is 5.97. The molecule has 1 aliphatic heterocycles. The minimum absolute atomic E-state index is 0.223. The van der Waals surface area contributed by atoms with Crippen LogP contribution in [0.3, 0.4) is 0 Å². The third-order valence-electron chi connectivity index (χ3n) is 5.51. The smallest absolute Gasteiger partial charge is 0.252 e. The summed E-state index contributed by atoms with van der Waals surface area (Å²) in [7, 11) is 0. The maximum absolute atomic E-state index is 12.3. The molecule has 136 valence electrons. The minimum atomic E-state index is -0.440. The fraction of sp³-hybridized carbons (Fsp3) is 0.632. The number of carbonyl (C=O) groups is 2. The Kier molecular flexibility index (Phi) is 5.89. The quantitative estimate of drug-likeness (QED) is 0.856. The van der Waals surface area contributed by atoms with Gasteiger partial charge in [0.1, 0.15) is 5.82 Å². The van der Waals surface area contributed by atoms with Gasteiger partial charge in [0.05, 0.1) is 5.56 Å². The standard InChI is InChI=1S/C19H28N4O2/c20-17(24)16-7-4-10-21-18(16)23-11-8-14(9-12-23)13-22-19(25)15-5-2-1-3-6-15/h4,7,10,14-15H,1-3,5-6,8-9,11-13H2,(H2,20,24)(H,22,25). The summed E-state index contributed by atoms with van der Waals surface area (Å²) >= 11 is 0. The summed E-state index contributed by atoms with van der Waals surface area (Å²) in [5.41, 5.74) is 5.93. The summed E-state index contributed by atoms with van der Waals surface area (Å²) in [5, 5.41) is 3.16. The van der Waals surface area contributed by atoms with E-state index >= 15 is 0 Å². The van der Waals surface area contributed by atoms with Gasteiger partial charge in [0.25, 0.3) is 5.91 Å². The Morgan fingerprint density at radius 1 is 1.16 bits per heavy atom. The first-order valence-corrected chi connectivity index (χ1v) is 9.42. The molecular formula is C19H28N4O2. The first-order chi connectivity index (χ1) is 12.1. The van der Waals surface area contributed by atoms with E-state index < -0.39 is 5.91 Å². The highest BCUT2D eigenvalue weighted by atomic mass is 16.2. The second kappa shape index (κ2) is 8.32. The Morgan fingerprint density at radius 3 is 2.56 bits per heavy atom. The number of nitrogens with two attached hydrogens (primary N) is 1. The zero-order valence-corrected chi connectivity index (χ0v) is 14.7. The van der Waals surface area contributed by atoms with Gasteiger partial charge in [-0.2, -0.15) is 0 Å². The van der Waals surface area contributed by atoms with Gasteiger partial charge < -0.3 is 16.0 Å². The van der Waals surface area contributed by atoms with Crippen LogP contribution in [0.5, 0.6) is 0 Å². The lowest BCUT2D eigenvalue weighted by atomic mass is 9.88. The monoisotopic (exact) mass is 344 g/mol. The number of primary amides is 1. The number of nitrogens with zero attached hydrogens (tertiary/aromatic N) is 2. The number of aromatic nitrogens is 1. The van der Waals surface area contributed by atoms with E-state index in [1.54, 1.807) is 18.3 Å². The minimum Gasteiger partial charge on any atom is -0.365 e. The highest BCUT2D eigenvalue weighted by Gasteiger charge is 2.25. The van der Waals surface area contributed by atoms with Crippen molar-refractivity contribution in [3.05, 3.63) is 23.9 Å². The highest BCUT2D eigenvalue weighted by Crippen LogP contribution is 2.25. The SMILES string of the molecule is NC(=O)c1cccnc1N1CCC(CNC(=O)C2CCCCC2)CC1. The first-order valence-electron chi connectivity index (χ1n) is 9.42. The van der Waals surface area contributed by atoms with Gasteiger partial charge in [-0.05, 0) is 43.7 Å². The van der Waals surface area contributed by atoms with Crippen LogP contribution in [0.1, 0.15) is 55.3 Å². The average Bonchev–Trinajstić information content (AvgIpc) is 2.67. The van der Waals surface area contributed by atoms with Crippen molar-refractivity contribution in [1.29, 1.82) is 0 Å². The number of rotatable bonds is 5. The number of pyridine rings is 1. The predicted octanol–water partition coefficient (Wildman–Crippen LogP) is 2.09. The molecular weight excluding hydrogens is 316 g/mol. The summed E-state index contributed by atoms with van der Waals surface area (Å²) in [6.07, 6.45) is 9.38. The van der Waals surface area contributed by atoms with Crippen LogP contribution in [0.15, 0.2) is 18.3 Å². The molecule has 25 heavy (non-hydrogen) atoms. The van der Waals surface area contributed by atoms with Gasteiger partial charge >= 0.3 is 0 Å². The second-order valence-electron chi connectivity index (χ2n) is 7.25. The van der Waals surface area contributed by atoms with Crippen LogP contribution in [0, 0.1) is 11.8 Å². The Bertz CT molecular complexity index is 605. The van der Waals surface area contributed by atoms with E-state index in [4.69, 9.17) is 5.73 Å². The third kappa shape index (κ3) is 4.50. The van der Waals surface area contributed by atoms with E-state index in [0.29, 0.717) is 17.3 Å². The number of amides is 2. The molecule has 2 aliphatic rings. The van der Waals surface area contributed by atoms with Crippen molar-refractivity contribution in [2.24, 2.45) is 17.6 Å². The molecule has 0 aromatic carbocycles. The molecule has 0 radical (unpaired) electrons. The lowest BCUT2D eigenvalue weighted by Gasteiger charge is -2.33. The molecule has 0 atom stereocenters. The van der Waals surface area contributed by atoms with E-state index in [9.17, 15) is 9.59 Å². The van der Waals surface area contributed by atoms with E-state index in [-0.39, 0.29) is 11.8 Å². The number of nitrogens with one attached hydrogen (secondary N) is 1. The molecule has 6 nitrogen and oxygen atoms in total. The molecule has 1 aromatic rings. The molecule has 2 heterocycles. The zero-order chi connectivity index (χ0) is 17.6. The predicted molar refractivity (Wildman–Crippen MR) is 97.3 cm³/mol. The molecule has 1 saturated heterocycles. The van der Waals surface area contributed by atoms with E-state index in [1.165, 1.54) is 19.3 Å². The molecule has 6 heteroatoms. The summed E-state index contributed by atoms with van der Waals surface area (Å²) in [5.74, 6) is 1.19. The third-order valence-corrected chi connectivity index (χ3v) is 5.51. The van der Waals surface area contributed by atoms with Gasteiger partial charge in [0, 0.05) is 31.7 Å². The van der Waals surface area contributed by atoms with E-state index in [0.717, 1.165) is 45.3 Å². The molecule has 0 unspecified atom stereocenters. The van der Waals surface area contributed by atoms with Crippen LogP contribution in [0.25, 0.3) is 0 Å². The molecule has 3 rings (SSSR count). The van der Waals surface area contributed by atoms with Gasteiger partial charge in [0.2, 0.25) is 5.91 Å². The number of carbonyl (C=O) groups excluding carboxylic acids is 2. The van der Waals surface area contributed by atoms with Crippen molar-refractivity contribution in [2.45, 2.75) is 44.9 Å². The Morgan fingerprint density at radius 2 is 1.88 bits per heavy atom. The van der Waals surface area contributed by atoms with Crippen molar-refractivity contribution in [3.8, 4) is 0 Å². The average molecular weight is 344 g/mol. The zero-order valence-electron chi connectivity index (χ0n) is 14.7. The van der Waals surface area contributed by atoms with Crippen LogP contribution in [0.2, 0.25) is 0 Å². The number of hydrogen-bond acceptors (Lipinski definition) is 4. The van der Waals surface area contributed by atoms with Gasteiger partial charge in [0.15, 0.2) is 0 Å². The molecule has 2 fully saturated rings. The maximum atomic E-state index is 12.3. The molecule has 0 bridgehead atoms. The molecule has 1 aliphatic carbocycles. The molecule has 1 saturated carbocycles. The van der Waals surface area contributed by atoms with Gasteiger partial charge in [-0.15, -0.1) is 0 Å². The van der Waals surface area contributed by atoms with Gasteiger partial charge in [-0.1, -0.05) is 19.3 Å². The number of piperidine rings is 1. The topological polar surface area (TPSA) is 88.3 Å². The lowest BCUT2D eigenvalue weighted by Crippen LogP contribution is -2.41. The van der Waals surface area contributed by atoms with Crippen molar-refractivity contribution < 1.29 is 9.59 Å². The summed E-state index contributed by atoms with van der Waals surface area (Å²) in [4.78, 5) is 30.3. The van der Waals surface area contributed by atoms with E-state index in [2.05, 4.69) is 15.2 Å². The largest absolute Gasteiger partial charge is 0.365 e. The maximum Gasteiger partial charge on any atom is 0.252 e. The van der Waals surface area contributed by atoms with Gasteiger partial charge in [-0.3, -0.25) is 9.59 Å². The van der Waals surface area contributed by atoms with Crippen LogP contribution < -0.4 is 16.0 Å². The summed E-state index contributed by atoms with van der Waals surface area (Å²) < 4.78 is 0. The normalized spacial score (nSPS) is 19.6. The summed E-state index contributed by atoms with van der Waals surface area (Å²) in [6, 6.07) is 3.46. The molecule has 0 spiro atoms. The fourth-order valence-corrected chi connectivity index (χ4v) is 3.94. The second-order valence-corrected chi connectivity index (χ2v) is 7.25. The Hall–Kier alpha value is -2.11. The van der Waals surface area contributed by atoms with Crippen molar-refractivity contribution in [1.82, 2.24) is 10.3 Å². The van der Waals surface area contributed by atoms with Crippen molar-refractivity contribution >= 4 is 17.6 Å². The van der Waals surface area contributed by atoms with Crippen LogP contribution in [-0.2, 0) is 4.79 Å². The molecule has 1 aromatic heterocycles. The Balaban J connectivity index is 1.47. The van der Waals surface area contributed by atoms with Gasteiger partial charge in [-0.25, -0.2) is 4.98 Å². The van der Waals surface area contributed by atoms with Crippen LogP contribution in [-0.4, -0.2) is 36.4 Å². The van der Waals surface area contributed by atoms with Crippen LogP contribution >= 0.6 is 0 Å². The molecule has 3 N–H and O–H groups in total. The molecule has 2 amide bonds. The Labute approximate surface area is 149 Å². The summed E-state index contributed by atoms with van der Waals surface area (Å²) in [6.45, 7) is 2.43. The number of hydrogen-bond donors (Lipinski definition) is 2. The number of anilines is 1. The van der Waals surface area contributed by atoms with Crippen molar-refractivity contribution in [2.75, 3.05) is 24.5 Å². The lowest BCUT2D eigenvalue weighted by molar-refractivity contribution is -0.126. The fourth-order valence-electron chi connectivity index (χ4n) is 3.94. The first kappa shape index (κ1) is 17.7. The van der Waals surface area contributed by atoms with Crippen molar-refractivity contribution in [3.63, 3.8) is 0 Å². The van der Waals surface area contributed by atoms with E-state index in [1.807, 2.05) is 0 Å². The van der Waals surface area contributed by atoms with Crippen LogP contribution in [0.4, 0.5) is 5.82 Å².